The van der Waals surface area contributed by atoms with Crippen LogP contribution in [0.3, 0.4) is 0 Å². The van der Waals surface area contributed by atoms with E-state index in [1.54, 1.807) is 19.2 Å². The first-order valence-electron chi connectivity index (χ1n) is 6.76. The van der Waals surface area contributed by atoms with Gasteiger partial charge >= 0.3 is 0 Å². The van der Waals surface area contributed by atoms with Crippen LogP contribution < -0.4 is 5.73 Å². The minimum absolute atomic E-state index is 0.509. The highest BCUT2D eigenvalue weighted by molar-refractivity contribution is 6.31. The van der Waals surface area contributed by atoms with Gasteiger partial charge in [-0.1, -0.05) is 25.4 Å². The van der Waals surface area contributed by atoms with Crippen molar-refractivity contribution in [1.29, 1.82) is 0 Å². The van der Waals surface area contributed by atoms with Crippen molar-refractivity contribution in [2.24, 2.45) is 0 Å². The Morgan fingerprint density at radius 3 is 2.63 bits per heavy atom. The zero-order valence-electron chi connectivity index (χ0n) is 12.0. The lowest BCUT2D eigenvalue weighted by molar-refractivity contribution is 0.109. The molecule has 0 unspecified atom stereocenters. The average molecular weight is 286 g/mol. The largest absolute Gasteiger partial charge is 0.384 e. The highest BCUT2D eigenvalue weighted by Gasteiger charge is 2.17. The van der Waals surface area contributed by atoms with Crippen molar-refractivity contribution < 1.29 is 4.74 Å². The Labute approximate surface area is 120 Å². The van der Waals surface area contributed by atoms with Gasteiger partial charge in [-0.3, -0.25) is 4.90 Å². The van der Waals surface area contributed by atoms with E-state index in [-0.39, 0.29) is 0 Å². The van der Waals surface area contributed by atoms with Crippen LogP contribution in [0.5, 0.6) is 0 Å². The zero-order chi connectivity index (χ0) is 14.3. The summed E-state index contributed by atoms with van der Waals surface area (Å²) >= 11 is 6.19. The van der Waals surface area contributed by atoms with Crippen molar-refractivity contribution in [3.05, 3.63) is 22.8 Å². The van der Waals surface area contributed by atoms with Gasteiger partial charge in [-0.25, -0.2) is 4.98 Å². The van der Waals surface area contributed by atoms with Crippen LogP contribution in [0.4, 0.5) is 5.82 Å². The summed E-state index contributed by atoms with van der Waals surface area (Å²) in [5, 5.41) is 0.669. The first-order valence-corrected chi connectivity index (χ1v) is 7.14. The monoisotopic (exact) mass is 285 g/mol. The van der Waals surface area contributed by atoms with Gasteiger partial charge in [0.2, 0.25) is 0 Å². The molecule has 19 heavy (non-hydrogen) atoms. The van der Waals surface area contributed by atoms with E-state index in [4.69, 9.17) is 22.1 Å². The van der Waals surface area contributed by atoms with E-state index in [0.717, 1.165) is 25.1 Å². The fourth-order valence-electron chi connectivity index (χ4n) is 2.21. The third-order valence-electron chi connectivity index (χ3n) is 3.33. The van der Waals surface area contributed by atoms with E-state index in [2.05, 4.69) is 23.7 Å². The predicted molar refractivity (Wildman–Crippen MR) is 80.3 cm³/mol. The molecule has 1 heterocycles. The maximum absolute atomic E-state index is 6.19. The third-order valence-corrected chi connectivity index (χ3v) is 3.68. The minimum Gasteiger partial charge on any atom is -0.384 e. The van der Waals surface area contributed by atoms with E-state index in [1.807, 2.05) is 0 Å². The van der Waals surface area contributed by atoms with Crippen molar-refractivity contribution >= 4 is 17.4 Å². The summed E-state index contributed by atoms with van der Waals surface area (Å²) in [6.07, 6.45) is 2.19. The molecule has 0 saturated carbocycles. The lowest BCUT2D eigenvalue weighted by atomic mass is 10.1. The SMILES string of the molecule is CCC(CC)N(CCOC)Cc1nc(N)ccc1Cl. The third kappa shape index (κ3) is 4.97. The van der Waals surface area contributed by atoms with Crippen molar-refractivity contribution in [2.45, 2.75) is 39.3 Å². The number of nitrogen functional groups attached to an aromatic ring is 1. The lowest BCUT2D eigenvalue weighted by Gasteiger charge is -2.30. The van der Waals surface area contributed by atoms with E-state index in [9.17, 15) is 0 Å². The molecule has 5 heteroatoms. The number of rotatable bonds is 8. The number of anilines is 1. The topological polar surface area (TPSA) is 51.4 Å². The summed E-state index contributed by atoms with van der Waals surface area (Å²) in [6.45, 7) is 6.68. The number of hydrogen-bond donors (Lipinski definition) is 1. The molecule has 0 aliphatic carbocycles. The minimum atomic E-state index is 0.509. The molecule has 0 amide bonds. The van der Waals surface area contributed by atoms with E-state index >= 15 is 0 Å². The van der Waals surface area contributed by atoms with Crippen LogP contribution >= 0.6 is 11.6 Å². The van der Waals surface area contributed by atoms with Crippen LogP contribution in [-0.4, -0.2) is 36.2 Å². The summed E-state index contributed by atoms with van der Waals surface area (Å²) in [5.74, 6) is 0.510. The van der Waals surface area contributed by atoms with Gasteiger partial charge in [0.25, 0.3) is 0 Å². The lowest BCUT2D eigenvalue weighted by Crippen LogP contribution is -2.36. The zero-order valence-corrected chi connectivity index (χ0v) is 12.8. The van der Waals surface area contributed by atoms with Crippen LogP contribution in [0, 0.1) is 0 Å². The van der Waals surface area contributed by atoms with Gasteiger partial charge in [-0.05, 0) is 25.0 Å². The molecular formula is C14H24ClN3O. The molecule has 0 fully saturated rings. The second-order valence-corrected chi connectivity index (χ2v) is 5.01. The molecule has 1 rings (SSSR count). The molecule has 0 aliphatic rings. The second-order valence-electron chi connectivity index (χ2n) is 4.60. The van der Waals surface area contributed by atoms with Crippen LogP contribution in [0.25, 0.3) is 0 Å². The average Bonchev–Trinajstić information content (AvgIpc) is 2.41. The Kier molecular flexibility index (Phi) is 7.13. The van der Waals surface area contributed by atoms with Crippen molar-refractivity contribution in [1.82, 2.24) is 9.88 Å². The Bertz CT molecular complexity index is 383. The van der Waals surface area contributed by atoms with Gasteiger partial charge in [-0.2, -0.15) is 0 Å². The molecule has 4 nitrogen and oxygen atoms in total. The van der Waals surface area contributed by atoms with Crippen molar-refractivity contribution in [3.63, 3.8) is 0 Å². The number of hydrogen-bond acceptors (Lipinski definition) is 4. The maximum atomic E-state index is 6.19. The fourth-order valence-corrected chi connectivity index (χ4v) is 2.37. The molecule has 2 N–H and O–H groups in total. The molecule has 0 bridgehead atoms. The van der Waals surface area contributed by atoms with Crippen LogP contribution in [-0.2, 0) is 11.3 Å². The number of aromatic nitrogens is 1. The van der Waals surface area contributed by atoms with Gasteiger partial charge in [-0.15, -0.1) is 0 Å². The Hall–Kier alpha value is -0.840. The summed E-state index contributed by atoms with van der Waals surface area (Å²) < 4.78 is 5.18. The number of pyridine rings is 1. The normalized spacial score (nSPS) is 11.5. The van der Waals surface area contributed by atoms with Crippen molar-refractivity contribution in [3.8, 4) is 0 Å². The second kappa shape index (κ2) is 8.35. The molecule has 0 radical (unpaired) electrons. The molecular weight excluding hydrogens is 262 g/mol. The molecule has 1 aromatic heterocycles. The van der Waals surface area contributed by atoms with Gasteiger partial charge in [0, 0.05) is 26.2 Å². The van der Waals surface area contributed by atoms with Crippen LogP contribution in [0.2, 0.25) is 5.02 Å². The first kappa shape index (κ1) is 16.2. The molecule has 0 atom stereocenters. The number of ether oxygens (including phenoxy) is 1. The number of nitrogens with two attached hydrogens (primary N) is 1. The van der Waals surface area contributed by atoms with E-state index < -0.39 is 0 Å². The van der Waals surface area contributed by atoms with Gasteiger partial charge in [0.15, 0.2) is 0 Å². The molecule has 0 aromatic carbocycles. The number of halogens is 1. The molecule has 1 aromatic rings. The maximum Gasteiger partial charge on any atom is 0.123 e. The smallest absolute Gasteiger partial charge is 0.123 e. The van der Waals surface area contributed by atoms with Crippen LogP contribution in [0.1, 0.15) is 32.4 Å². The molecule has 0 spiro atoms. The summed E-state index contributed by atoms with van der Waals surface area (Å²) in [5.41, 5.74) is 6.57. The standard InChI is InChI=1S/C14H24ClN3O/c1-4-11(5-2)18(8-9-19-3)10-13-12(15)6-7-14(16)17-13/h6-7,11H,4-5,8-10H2,1-3H3,(H2,16,17). The highest BCUT2D eigenvalue weighted by atomic mass is 35.5. The van der Waals surface area contributed by atoms with Gasteiger partial charge in [0.05, 0.1) is 17.3 Å². The Balaban J connectivity index is 2.83. The summed E-state index contributed by atoms with van der Waals surface area (Å²) in [6, 6.07) is 4.04. The molecule has 0 saturated heterocycles. The van der Waals surface area contributed by atoms with Crippen molar-refractivity contribution in [2.75, 3.05) is 26.0 Å². The predicted octanol–water partition coefficient (Wildman–Crippen LogP) is 2.95. The molecule has 0 aliphatic heterocycles. The highest BCUT2D eigenvalue weighted by Crippen LogP contribution is 2.19. The summed E-state index contributed by atoms with van der Waals surface area (Å²) in [4.78, 5) is 6.69. The first-order chi connectivity index (χ1) is 9.12. The molecule has 108 valence electrons. The number of nitrogens with zero attached hydrogens (tertiary/aromatic N) is 2. The van der Waals surface area contributed by atoms with E-state index in [1.165, 1.54) is 0 Å². The number of methoxy groups -OCH3 is 1. The quantitative estimate of drug-likeness (QED) is 0.798. The van der Waals surface area contributed by atoms with Gasteiger partial charge in [0.1, 0.15) is 5.82 Å². The van der Waals surface area contributed by atoms with E-state index in [0.29, 0.717) is 30.0 Å². The fraction of sp³-hybridized carbons (Fsp3) is 0.643. The van der Waals surface area contributed by atoms with Gasteiger partial charge < -0.3 is 10.5 Å². The van der Waals surface area contributed by atoms with Crippen LogP contribution in [0.15, 0.2) is 12.1 Å². The Morgan fingerprint density at radius 2 is 2.05 bits per heavy atom. The Morgan fingerprint density at radius 1 is 1.37 bits per heavy atom. The summed E-state index contributed by atoms with van der Waals surface area (Å²) in [7, 11) is 1.72.